The van der Waals surface area contributed by atoms with Crippen LogP contribution in [-0.2, 0) is 11.3 Å². The number of amides is 1. The van der Waals surface area contributed by atoms with Gasteiger partial charge in [-0.15, -0.1) is 0 Å². The Hall–Kier alpha value is -2.80. The lowest BCUT2D eigenvalue weighted by Crippen LogP contribution is -2.30. The highest BCUT2D eigenvalue weighted by Crippen LogP contribution is 2.17. The normalized spacial score (nSPS) is 12.2. The summed E-state index contributed by atoms with van der Waals surface area (Å²) in [7, 11) is 0. The second-order valence-corrected chi connectivity index (χ2v) is 6.50. The fourth-order valence-corrected chi connectivity index (χ4v) is 2.84. The molecule has 0 aliphatic carbocycles. The number of halogens is 2. The topological polar surface area (TPSA) is 59.8 Å². The molecule has 0 aliphatic heterocycles. The van der Waals surface area contributed by atoms with E-state index in [1.54, 1.807) is 23.1 Å². The molecule has 0 fully saturated rings. The van der Waals surface area contributed by atoms with Crippen LogP contribution in [0.25, 0.3) is 6.08 Å². The lowest BCUT2D eigenvalue weighted by Gasteiger charge is -2.18. The molecule has 1 unspecified atom stereocenters. The number of benzene rings is 2. The van der Waals surface area contributed by atoms with Gasteiger partial charge in [-0.3, -0.25) is 9.48 Å². The second-order valence-electron chi connectivity index (χ2n) is 5.59. The number of carbonyl (C=O) groups is 1. The van der Waals surface area contributed by atoms with E-state index in [4.69, 9.17) is 0 Å². The Morgan fingerprint density at radius 1 is 1.27 bits per heavy atom. The van der Waals surface area contributed by atoms with Crippen LogP contribution in [0.2, 0.25) is 0 Å². The molecule has 1 atom stereocenters. The smallest absolute Gasteiger partial charge is 0.244 e. The Kier molecular flexibility index (Phi) is 5.91. The molecule has 1 aromatic heterocycles. The number of nitrogens with zero attached hydrogens (tertiary/aromatic N) is 3. The molecule has 1 N–H and O–H groups in total. The number of hydrogen-bond acceptors (Lipinski definition) is 3. The number of carbonyl (C=O) groups excluding carboxylic acids is 1. The zero-order chi connectivity index (χ0) is 18.4. The molecular weight excluding hydrogens is 399 g/mol. The lowest BCUT2D eigenvalue weighted by atomic mass is 10.1. The molecular formula is C19H16BrFN4O. The van der Waals surface area contributed by atoms with Gasteiger partial charge >= 0.3 is 0 Å². The first-order valence-electron chi connectivity index (χ1n) is 7.93. The molecule has 0 radical (unpaired) electrons. The van der Waals surface area contributed by atoms with Crippen LogP contribution in [0.15, 0.2) is 71.7 Å². The van der Waals surface area contributed by atoms with Crippen molar-refractivity contribution in [2.24, 2.45) is 0 Å². The molecule has 7 heteroatoms. The Bertz CT molecular complexity index is 897. The van der Waals surface area contributed by atoms with E-state index < -0.39 is 0 Å². The zero-order valence-corrected chi connectivity index (χ0v) is 15.3. The molecule has 1 heterocycles. The second kappa shape index (κ2) is 8.53. The molecule has 0 saturated carbocycles. The summed E-state index contributed by atoms with van der Waals surface area (Å²) in [6, 6.07) is 13.9. The molecule has 0 bridgehead atoms. The summed E-state index contributed by atoms with van der Waals surface area (Å²) in [5.41, 5.74) is 1.28. The maximum atomic E-state index is 13.8. The zero-order valence-electron chi connectivity index (χ0n) is 13.7. The highest BCUT2D eigenvalue weighted by Gasteiger charge is 2.14. The van der Waals surface area contributed by atoms with Gasteiger partial charge < -0.3 is 5.32 Å². The first kappa shape index (κ1) is 18.0. The largest absolute Gasteiger partial charge is 0.344 e. The van der Waals surface area contributed by atoms with Gasteiger partial charge in [0, 0.05) is 16.1 Å². The van der Waals surface area contributed by atoms with Crippen LogP contribution in [0.5, 0.6) is 0 Å². The highest BCUT2D eigenvalue weighted by atomic mass is 79.9. The maximum Gasteiger partial charge on any atom is 0.244 e. The average Bonchev–Trinajstić information content (AvgIpc) is 3.16. The Morgan fingerprint density at radius 2 is 2.08 bits per heavy atom. The van der Waals surface area contributed by atoms with E-state index in [2.05, 4.69) is 31.3 Å². The van der Waals surface area contributed by atoms with Crippen LogP contribution < -0.4 is 5.32 Å². The summed E-state index contributed by atoms with van der Waals surface area (Å²) in [5.74, 6) is -0.710. The maximum absolute atomic E-state index is 13.8. The van der Waals surface area contributed by atoms with Gasteiger partial charge in [-0.05, 0) is 29.8 Å². The van der Waals surface area contributed by atoms with E-state index in [-0.39, 0.29) is 17.8 Å². The minimum atomic E-state index is -0.389. The van der Waals surface area contributed by atoms with Gasteiger partial charge in [0.15, 0.2) is 0 Å². The fraction of sp³-hybridized carbons (Fsp3) is 0.105. The van der Waals surface area contributed by atoms with E-state index in [9.17, 15) is 9.18 Å². The van der Waals surface area contributed by atoms with Crippen molar-refractivity contribution in [3.05, 3.63) is 88.7 Å². The molecule has 3 aromatic rings. The summed E-state index contributed by atoms with van der Waals surface area (Å²) in [4.78, 5) is 16.3. The van der Waals surface area contributed by atoms with Crippen LogP contribution in [0.1, 0.15) is 17.2 Å². The molecule has 3 rings (SSSR count). The lowest BCUT2D eigenvalue weighted by molar-refractivity contribution is -0.117. The van der Waals surface area contributed by atoms with Crippen molar-refractivity contribution in [3.63, 3.8) is 0 Å². The van der Waals surface area contributed by atoms with Crippen molar-refractivity contribution >= 4 is 27.9 Å². The minimum Gasteiger partial charge on any atom is -0.344 e. The van der Waals surface area contributed by atoms with Crippen LogP contribution in [0.4, 0.5) is 4.39 Å². The third-order valence-electron chi connectivity index (χ3n) is 3.73. The molecule has 0 saturated heterocycles. The first-order chi connectivity index (χ1) is 12.6. The van der Waals surface area contributed by atoms with Crippen molar-refractivity contribution in [2.75, 3.05) is 0 Å². The van der Waals surface area contributed by atoms with Crippen LogP contribution in [0, 0.1) is 5.82 Å². The predicted octanol–water partition coefficient (Wildman–Crippen LogP) is 3.75. The summed E-state index contributed by atoms with van der Waals surface area (Å²) >= 11 is 3.29. The predicted molar refractivity (Wildman–Crippen MR) is 100 cm³/mol. The first-order valence-corrected chi connectivity index (χ1v) is 8.72. The van der Waals surface area contributed by atoms with Gasteiger partial charge in [0.2, 0.25) is 5.91 Å². The van der Waals surface area contributed by atoms with Gasteiger partial charge in [0.05, 0.1) is 12.6 Å². The van der Waals surface area contributed by atoms with Gasteiger partial charge in [-0.2, -0.15) is 5.10 Å². The minimum absolute atomic E-state index is 0.289. The SMILES string of the molecule is O=C(/C=C/c1cc(Br)ccc1F)NC(Cn1cncn1)c1ccccc1. The monoisotopic (exact) mass is 414 g/mol. The average molecular weight is 415 g/mol. The van der Waals surface area contributed by atoms with Crippen molar-refractivity contribution in [2.45, 2.75) is 12.6 Å². The van der Waals surface area contributed by atoms with Gasteiger partial charge in [0.25, 0.3) is 0 Å². The fourth-order valence-electron chi connectivity index (χ4n) is 2.46. The van der Waals surface area contributed by atoms with E-state index in [1.165, 1.54) is 24.5 Å². The van der Waals surface area contributed by atoms with Crippen molar-refractivity contribution in [1.29, 1.82) is 0 Å². The molecule has 26 heavy (non-hydrogen) atoms. The molecule has 132 valence electrons. The quantitative estimate of drug-likeness (QED) is 0.624. The molecule has 0 aliphatic rings. The molecule has 0 spiro atoms. The highest BCUT2D eigenvalue weighted by molar-refractivity contribution is 9.10. The molecule has 2 aromatic carbocycles. The number of hydrogen-bond donors (Lipinski definition) is 1. The van der Waals surface area contributed by atoms with Crippen LogP contribution >= 0.6 is 15.9 Å². The number of rotatable bonds is 6. The van der Waals surface area contributed by atoms with E-state index in [0.717, 1.165) is 10.0 Å². The van der Waals surface area contributed by atoms with Crippen LogP contribution in [-0.4, -0.2) is 20.7 Å². The van der Waals surface area contributed by atoms with E-state index in [1.807, 2.05) is 30.3 Å². The van der Waals surface area contributed by atoms with E-state index >= 15 is 0 Å². The summed E-state index contributed by atoms with van der Waals surface area (Å²) < 4.78 is 16.2. The van der Waals surface area contributed by atoms with E-state index in [0.29, 0.717) is 12.1 Å². The Labute approximate surface area is 158 Å². The molecule has 1 amide bonds. The summed E-state index contributed by atoms with van der Waals surface area (Å²) in [6.45, 7) is 0.439. The summed E-state index contributed by atoms with van der Waals surface area (Å²) in [5, 5.41) is 7.01. The van der Waals surface area contributed by atoms with Gasteiger partial charge in [-0.25, -0.2) is 9.37 Å². The molecule has 5 nitrogen and oxygen atoms in total. The number of nitrogens with one attached hydrogen (secondary N) is 1. The Morgan fingerprint density at radius 3 is 2.81 bits per heavy atom. The summed E-state index contributed by atoms with van der Waals surface area (Å²) in [6.07, 6.45) is 5.81. The van der Waals surface area contributed by atoms with Gasteiger partial charge in [0.1, 0.15) is 18.5 Å². The van der Waals surface area contributed by atoms with Crippen molar-refractivity contribution in [1.82, 2.24) is 20.1 Å². The third kappa shape index (κ3) is 4.86. The van der Waals surface area contributed by atoms with Crippen LogP contribution in [0.3, 0.4) is 0 Å². The van der Waals surface area contributed by atoms with Crippen molar-refractivity contribution < 1.29 is 9.18 Å². The third-order valence-corrected chi connectivity index (χ3v) is 4.22. The standard InChI is InChI=1S/C19H16BrFN4O/c20-16-7-8-17(21)15(10-16)6-9-19(26)24-18(11-25-13-22-12-23-25)14-4-2-1-3-5-14/h1-10,12-13,18H,11H2,(H,24,26)/b9-6+. The van der Waals surface area contributed by atoms with Crippen molar-refractivity contribution in [3.8, 4) is 0 Å². The van der Waals surface area contributed by atoms with Gasteiger partial charge in [-0.1, -0.05) is 46.3 Å². The Balaban J connectivity index is 1.74. The number of aromatic nitrogens is 3.